The van der Waals surface area contributed by atoms with Crippen molar-refractivity contribution in [1.29, 1.82) is 5.26 Å². The molecule has 0 bridgehead atoms. The van der Waals surface area contributed by atoms with Crippen LogP contribution in [0, 0.1) is 17.2 Å². The van der Waals surface area contributed by atoms with Gasteiger partial charge in [-0.2, -0.15) is 5.26 Å². The second kappa shape index (κ2) is 10.1. The predicted molar refractivity (Wildman–Crippen MR) is 106 cm³/mol. The minimum atomic E-state index is 0.00122. The normalized spacial score (nSPS) is 21.0. The number of amides is 1. The van der Waals surface area contributed by atoms with Gasteiger partial charge in [0.05, 0.1) is 18.3 Å². The minimum absolute atomic E-state index is 0.00122. The number of hydrogen-bond acceptors (Lipinski definition) is 5. The van der Waals surface area contributed by atoms with E-state index in [4.69, 9.17) is 14.7 Å². The molecule has 0 unspecified atom stereocenters. The molecule has 2 saturated heterocycles. The van der Waals surface area contributed by atoms with Crippen molar-refractivity contribution in [2.75, 3.05) is 53.0 Å². The molecular formula is C21H32N4O3. The Balaban J connectivity index is 1.64. The summed E-state index contributed by atoms with van der Waals surface area (Å²) in [5, 5.41) is 9.15. The van der Waals surface area contributed by atoms with Gasteiger partial charge in [0.2, 0.25) is 0 Å². The smallest absolute Gasteiger partial charge is 0.270 e. The number of ether oxygens (including phenoxy) is 2. The fourth-order valence-corrected chi connectivity index (χ4v) is 4.20. The zero-order valence-corrected chi connectivity index (χ0v) is 17.1. The molecule has 0 aromatic carbocycles. The molecule has 1 atom stereocenters. The fraction of sp³-hybridized carbons (Fsp3) is 0.714. The molecule has 2 aliphatic rings. The molecule has 0 spiro atoms. The standard InChI is InChI=1S/C21H32N4O3/c1-23-14-18(13-22)12-20(23)21(26)25(16-19-4-3-10-28-19)15-17-5-7-24(8-6-17)9-11-27-2/h12,14,17,19H,3-11,15-16H2,1-2H3/t19-/m1/s1. The van der Waals surface area contributed by atoms with E-state index in [0.717, 1.165) is 65.1 Å². The van der Waals surface area contributed by atoms with Crippen molar-refractivity contribution in [3.63, 3.8) is 0 Å². The number of aromatic nitrogens is 1. The highest BCUT2D eigenvalue weighted by Crippen LogP contribution is 2.22. The summed E-state index contributed by atoms with van der Waals surface area (Å²) in [7, 11) is 3.56. The van der Waals surface area contributed by atoms with Crippen LogP contribution >= 0.6 is 0 Å². The molecule has 0 radical (unpaired) electrons. The largest absolute Gasteiger partial charge is 0.383 e. The Morgan fingerprint density at radius 1 is 1.36 bits per heavy atom. The molecular weight excluding hydrogens is 356 g/mol. The number of nitrogens with zero attached hydrogens (tertiary/aromatic N) is 4. The third kappa shape index (κ3) is 5.34. The van der Waals surface area contributed by atoms with Crippen molar-refractivity contribution in [2.45, 2.75) is 31.8 Å². The van der Waals surface area contributed by atoms with Crippen LogP contribution < -0.4 is 0 Å². The van der Waals surface area contributed by atoms with Crippen molar-refractivity contribution < 1.29 is 14.3 Å². The monoisotopic (exact) mass is 388 g/mol. The number of likely N-dealkylation sites (tertiary alicyclic amines) is 1. The van der Waals surface area contributed by atoms with Gasteiger partial charge >= 0.3 is 0 Å². The van der Waals surface area contributed by atoms with Gasteiger partial charge in [0.1, 0.15) is 11.8 Å². The lowest BCUT2D eigenvalue weighted by Gasteiger charge is -2.35. The summed E-state index contributed by atoms with van der Waals surface area (Å²) in [5.41, 5.74) is 1.10. The average Bonchev–Trinajstić information content (AvgIpc) is 3.35. The number of hydrogen-bond donors (Lipinski definition) is 0. The molecule has 1 amide bonds. The number of carbonyl (C=O) groups excluding carboxylic acids is 1. The molecule has 2 aliphatic heterocycles. The van der Waals surface area contributed by atoms with Gasteiger partial charge in [0, 0.05) is 46.6 Å². The summed E-state index contributed by atoms with van der Waals surface area (Å²) in [5.74, 6) is 0.501. The Morgan fingerprint density at radius 3 is 2.75 bits per heavy atom. The quantitative estimate of drug-likeness (QED) is 0.680. The zero-order chi connectivity index (χ0) is 19.9. The summed E-state index contributed by atoms with van der Waals surface area (Å²) < 4.78 is 12.7. The lowest BCUT2D eigenvalue weighted by atomic mass is 9.95. The van der Waals surface area contributed by atoms with Crippen molar-refractivity contribution >= 4 is 5.91 Å². The SMILES string of the molecule is COCCN1CCC(CN(C[C@H]2CCCO2)C(=O)c2cc(C#N)cn2C)CC1. The lowest BCUT2D eigenvalue weighted by Crippen LogP contribution is -2.44. The van der Waals surface area contributed by atoms with E-state index in [1.807, 2.05) is 11.9 Å². The molecule has 154 valence electrons. The number of carbonyl (C=O) groups is 1. The van der Waals surface area contributed by atoms with Gasteiger partial charge in [-0.1, -0.05) is 0 Å². The van der Waals surface area contributed by atoms with Crippen LogP contribution in [0.3, 0.4) is 0 Å². The third-order valence-electron chi connectivity index (χ3n) is 5.89. The highest BCUT2D eigenvalue weighted by atomic mass is 16.5. The van der Waals surface area contributed by atoms with Crippen molar-refractivity contribution in [2.24, 2.45) is 13.0 Å². The van der Waals surface area contributed by atoms with Crippen molar-refractivity contribution in [3.05, 3.63) is 23.5 Å². The summed E-state index contributed by atoms with van der Waals surface area (Å²) in [6.45, 7) is 6.02. The first kappa shape index (κ1) is 20.8. The van der Waals surface area contributed by atoms with Gasteiger partial charge in [0.15, 0.2) is 0 Å². The number of rotatable bonds is 8. The molecule has 7 nitrogen and oxygen atoms in total. The van der Waals surface area contributed by atoms with E-state index in [0.29, 0.717) is 23.7 Å². The molecule has 28 heavy (non-hydrogen) atoms. The molecule has 0 N–H and O–H groups in total. The van der Waals surface area contributed by atoms with E-state index in [9.17, 15) is 4.79 Å². The van der Waals surface area contributed by atoms with Gasteiger partial charge in [-0.15, -0.1) is 0 Å². The topological polar surface area (TPSA) is 70.7 Å². The maximum atomic E-state index is 13.3. The lowest BCUT2D eigenvalue weighted by molar-refractivity contribution is 0.0430. The molecule has 0 aliphatic carbocycles. The van der Waals surface area contributed by atoms with Crippen LogP contribution in [0.4, 0.5) is 0 Å². The Kier molecular flexibility index (Phi) is 7.49. The average molecular weight is 389 g/mol. The van der Waals surface area contributed by atoms with E-state index >= 15 is 0 Å². The molecule has 7 heteroatoms. The predicted octanol–water partition coefficient (Wildman–Crippen LogP) is 1.88. The molecule has 1 aromatic rings. The zero-order valence-electron chi connectivity index (χ0n) is 17.1. The first-order valence-corrected chi connectivity index (χ1v) is 10.3. The van der Waals surface area contributed by atoms with Gasteiger partial charge < -0.3 is 23.8 Å². The van der Waals surface area contributed by atoms with Gasteiger partial charge in [-0.3, -0.25) is 4.79 Å². The van der Waals surface area contributed by atoms with Crippen LogP contribution in [0.5, 0.6) is 0 Å². The van der Waals surface area contributed by atoms with E-state index in [-0.39, 0.29) is 12.0 Å². The highest BCUT2D eigenvalue weighted by Gasteiger charge is 2.29. The van der Waals surface area contributed by atoms with Crippen LogP contribution in [-0.2, 0) is 16.5 Å². The molecule has 0 saturated carbocycles. The first-order chi connectivity index (χ1) is 13.6. The number of piperidine rings is 1. The molecule has 1 aromatic heterocycles. The summed E-state index contributed by atoms with van der Waals surface area (Å²) >= 11 is 0. The van der Waals surface area contributed by atoms with Crippen LogP contribution in [0.2, 0.25) is 0 Å². The maximum Gasteiger partial charge on any atom is 0.270 e. The van der Waals surface area contributed by atoms with Crippen LogP contribution in [0.15, 0.2) is 12.3 Å². The minimum Gasteiger partial charge on any atom is -0.383 e. The Labute approximate surface area is 167 Å². The van der Waals surface area contributed by atoms with Crippen molar-refractivity contribution in [3.8, 4) is 6.07 Å². The van der Waals surface area contributed by atoms with Gasteiger partial charge in [-0.25, -0.2) is 0 Å². The first-order valence-electron chi connectivity index (χ1n) is 10.3. The Morgan fingerprint density at radius 2 is 2.14 bits per heavy atom. The van der Waals surface area contributed by atoms with E-state index in [1.54, 1.807) is 23.9 Å². The molecule has 2 fully saturated rings. The number of aryl methyl sites for hydroxylation is 1. The molecule has 3 rings (SSSR count). The molecule has 3 heterocycles. The van der Waals surface area contributed by atoms with Crippen LogP contribution in [0.25, 0.3) is 0 Å². The van der Waals surface area contributed by atoms with Crippen LogP contribution in [0.1, 0.15) is 41.7 Å². The Hall–Kier alpha value is -1.88. The summed E-state index contributed by atoms with van der Waals surface area (Å²) in [6, 6.07) is 3.82. The Bertz CT molecular complexity index is 682. The van der Waals surface area contributed by atoms with Gasteiger partial charge in [-0.05, 0) is 50.8 Å². The van der Waals surface area contributed by atoms with Crippen LogP contribution in [-0.4, -0.2) is 79.4 Å². The van der Waals surface area contributed by atoms with E-state index in [1.165, 1.54) is 0 Å². The highest BCUT2D eigenvalue weighted by molar-refractivity contribution is 5.93. The number of nitriles is 1. The maximum absolute atomic E-state index is 13.3. The van der Waals surface area contributed by atoms with E-state index < -0.39 is 0 Å². The number of methoxy groups -OCH3 is 1. The summed E-state index contributed by atoms with van der Waals surface area (Å²) in [4.78, 5) is 17.7. The van der Waals surface area contributed by atoms with Crippen molar-refractivity contribution in [1.82, 2.24) is 14.4 Å². The summed E-state index contributed by atoms with van der Waals surface area (Å²) in [6.07, 6.45) is 6.10. The van der Waals surface area contributed by atoms with Gasteiger partial charge in [0.25, 0.3) is 5.91 Å². The fourth-order valence-electron chi connectivity index (χ4n) is 4.20. The second-order valence-electron chi connectivity index (χ2n) is 7.96. The van der Waals surface area contributed by atoms with E-state index in [2.05, 4.69) is 11.0 Å². The second-order valence-corrected chi connectivity index (χ2v) is 7.96. The third-order valence-corrected chi connectivity index (χ3v) is 5.89.